The van der Waals surface area contributed by atoms with Gasteiger partial charge in [0.1, 0.15) is 0 Å². The zero-order valence-electron chi connectivity index (χ0n) is 15.0. The third-order valence-corrected chi connectivity index (χ3v) is 4.76. The zero-order valence-corrected chi connectivity index (χ0v) is 15.0. The van der Waals surface area contributed by atoms with Crippen molar-refractivity contribution in [2.75, 3.05) is 5.32 Å². The number of aryl methyl sites for hydroxylation is 3. The van der Waals surface area contributed by atoms with Crippen LogP contribution in [0.2, 0.25) is 0 Å². The molecule has 0 atom stereocenters. The fourth-order valence-electron chi connectivity index (χ4n) is 3.36. The second-order valence-electron chi connectivity index (χ2n) is 6.34. The molecular weight excluding hydrogens is 306 g/mol. The first kappa shape index (κ1) is 17.2. The minimum atomic E-state index is 0.0866. The van der Waals surface area contributed by atoms with E-state index < -0.39 is 0 Å². The molecule has 0 bridgehead atoms. The number of fused-ring (bicyclic) bond motifs is 1. The molecule has 0 heterocycles. The van der Waals surface area contributed by atoms with E-state index >= 15 is 0 Å². The second-order valence-corrected chi connectivity index (χ2v) is 6.34. The van der Waals surface area contributed by atoms with Crippen LogP contribution in [0.25, 0.3) is 10.8 Å². The standard InChI is InChI=1S/C23H25NO/c1-3-17-10-7-11-18(4-2)23(17)24-22(25)16-15-20-13-8-12-19-9-5-6-14-21(19)20/h5-14H,3-4,15-16H2,1-2H3,(H,24,25). The van der Waals surface area contributed by atoms with E-state index in [1.165, 1.54) is 27.5 Å². The highest BCUT2D eigenvalue weighted by atomic mass is 16.1. The maximum atomic E-state index is 12.5. The van der Waals surface area contributed by atoms with Gasteiger partial charge in [0, 0.05) is 12.1 Å². The van der Waals surface area contributed by atoms with Gasteiger partial charge in [0.2, 0.25) is 5.91 Å². The van der Waals surface area contributed by atoms with E-state index in [9.17, 15) is 4.79 Å². The zero-order chi connectivity index (χ0) is 17.6. The molecule has 1 amide bonds. The number of rotatable bonds is 6. The molecule has 0 unspecified atom stereocenters. The fraction of sp³-hybridized carbons (Fsp3) is 0.261. The molecule has 3 rings (SSSR count). The molecule has 3 aromatic carbocycles. The Balaban J connectivity index is 1.73. The van der Waals surface area contributed by atoms with Crippen LogP contribution in [0.4, 0.5) is 5.69 Å². The lowest BCUT2D eigenvalue weighted by Gasteiger charge is -2.14. The Bertz CT molecular complexity index is 855. The van der Waals surface area contributed by atoms with E-state index in [-0.39, 0.29) is 5.91 Å². The summed E-state index contributed by atoms with van der Waals surface area (Å²) >= 11 is 0. The van der Waals surface area contributed by atoms with Gasteiger partial charge in [-0.2, -0.15) is 0 Å². The van der Waals surface area contributed by atoms with Crippen LogP contribution < -0.4 is 5.32 Å². The largest absolute Gasteiger partial charge is 0.326 e. The van der Waals surface area contributed by atoms with E-state index in [4.69, 9.17) is 0 Å². The molecule has 2 nitrogen and oxygen atoms in total. The molecule has 0 saturated heterocycles. The lowest BCUT2D eigenvalue weighted by atomic mass is 10.00. The van der Waals surface area contributed by atoms with Gasteiger partial charge in [-0.05, 0) is 46.7 Å². The van der Waals surface area contributed by atoms with Crippen LogP contribution >= 0.6 is 0 Å². The quantitative estimate of drug-likeness (QED) is 0.631. The van der Waals surface area contributed by atoms with Crippen LogP contribution in [-0.2, 0) is 24.1 Å². The molecule has 0 aliphatic rings. The number of carbonyl (C=O) groups is 1. The fourth-order valence-corrected chi connectivity index (χ4v) is 3.36. The molecule has 2 heteroatoms. The van der Waals surface area contributed by atoms with Gasteiger partial charge in [-0.25, -0.2) is 0 Å². The Morgan fingerprint density at radius 1 is 0.800 bits per heavy atom. The van der Waals surface area contributed by atoms with Crippen LogP contribution in [0.1, 0.15) is 37.0 Å². The van der Waals surface area contributed by atoms with Gasteiger partial charge in [0.25, 0.3) is 0 Å². The van der Waals surface area contributed by atoms with Gasteiger partial charge in [-0.3, -0.25) is 4.79 Å². The van der Waals surface area contributed by atoms with Crippen molar-refractivity contribution < 1.29 is 4.79 Å². The van der Waals surface area contributed by atoms with E-state index in [2.05, 4.69) is 73.8 Å². The van der Waals surface area contributed by atoms with Crippen molar-refractivity contribution in [3.63, 3.8) is 0 Å². The summed E-state index contributed by atoms with van der Waals surface area (Å²) in [5.41, 5.74) is 4.65. The molecule has 0 aromatic heterocycles. The smallest absolute Gasteiger partial charge is 0.224 e. The number of hydrogen-bond acceptors (Lipinski definition) is 1. The van der Waals surface area contributed by atoms with Crippen LogP contribution in [-0.4, -0.2) is 5.91 Å². The lowest BCUT2D eigenvalue weighted by Crippen LogP contribution is -2.15. The first-order chi connectivity index (χ1) is 12.2. The van der Waals surface area contributed by atoms with Crippen LogP contribution in [0, 0.1) is 0 Å². The molecule has 1 N–H and O–H groups in total. The Kier molecular flexibility index (Phi) is 5.49. The molecule has 0 aliphatic heterocycles. The Hall–Kier alpha value is -2.61. The number of carbonyl (C=O) groups excluding carboxylic acids is 1. The normalized spacial score (nSPS) is 10.8. The summed E-state index contributed by atoms with van der Waals surface area (Å²) in [5.74, 6) is 0.0866. The lowest BCUT2D eigenvalue weighted by molar-refractivity contribution is -0.116. The minimum absolute atomic E-state index is 0.0866. The van der Waals surface area contributed by atoms with Crippen LogP contribution in [0.3, 0.4) is 0 Å². The third kappa shape index (κ3) is 3.90. The molecule has 0 aliphatic carbocycles. The highest BCUT2D eigenvalue weighted by molar-refractivity contribution is 5.93. The summed E-state index contributed by atoms with van der Waals surface area (Å²) in [6.45, 7) is 4.25. The summed E-state index contributed by atoms with van der Waals surface area (Å²) in [6.07, 6.45) is 3.09. The average Bonchev–Trinajstić information content (AvgIpc) is 2.66. The molecular formula is C23H25NO. The Labute approximate surface area is 149 Å². The van der Waals surface area contributed by atoms with Gasteiger partial charge in [-0.15, -0.1) is 0 Å². The number of anilines is 1. The number of nitrogens with one attached hydrogen (secondary N) is 1. The summed E-state index contributed by atoms with van der Waals surface area (Å²) in [6, 6.07) is 20.9. The van der Waals surface area contributed by atoms with Gasteiger partial charge in [0.15, 0.2) is 0 Å². The molecule has 0 spiro atoms. The summed E-state index contributed by atoms with van der Waals surface area (Å²) in [5, 5.41) is 5.62. The summed E-state index contributed by atoms with van der Waals surface area (Å²) < 4.78 is 0. The Morgan fingerprint density at radius 3 is 2.12 bits per heavy atom. The first-order valence-corrected chi connectivity index (χ1v) is 9.10. The van der Waals surface area contributed by atoms with Gasteiger partial charge in [-0.1, -0.05) is 74.5 Å². The van der Waals surface area contributed by atoms with Gasteiger partial charge in [0.05, 0.1) is 0 Å². The molecule has 0 fully saturated rings. The maximum absolute atomic E-state index is 12.5. The van der Waals surface area contributed by atoms with Crippen molar-refractivity contribution in [3.8, 4) is 0 Å². The number of hydrogen-bond donors (Lipinski definition) is 1. The van der Waals surface area contributed by atoms with E-state index in [1.807, 2.05) is 6.07 Å². The molecule has 128 valence electrons. The topological polar surface area (TPSA) is 29.1 Å². The van der Waals surface area contributed by atoms with Crippen molar-refractivity contribution in [2.45, 2.75) is 39.5 Å². The summed E-state index contributed by atoms with van der Waals surface area (Å²) in [4.78, 5) is 12.5. The van der Waals surface area contributed by atoms with Crippen molar-refractivity contribution >= 4 is 22.4 Å². The molecule has 0 radical (unpaired) electrons. The van der Waals surface area contributed by atoms with Gasteiger partial charge < -0.3 is 5.32 Å². The van der Waals surface area contributed by atoms with Crippen molar-refractivity contribution in [3.05, 3.63) is 77.4 Å². The number of para-hydroxylation sites is 1. The summed E-state index contributed by atoms with van der Waals surface area (Å²) in [7, 11) is 0. The SMILES string of the molecule is CCc1cccc(CC)c1NC(=O)CCc1cccc2ccccc12. The van der Waals surface area contributed by atoms with E-state index in [0.717, 1.165) is 24.9 Å². The van der Waals surface area contributed by atoms with Crippen molar-refractivity contribution in [1.29, 1.82) is 0 Å². The first-order valence-electron chi connectivity index (χ1n) is 9.10. The second kappa shape index (κ2) is 7.98. The highest BCUT2D eigenvalue weighted by Gasteiger charge is 2.11. The highest BCUT2D eigenvalue weighted by Crippen LogP contribution is 2.24. The predicted octanol–water partition coefficient (Wildman–Crippen LogP) is 5.54. The van der Waals surface area contributed by atoms with Crippen molar-refractivity contribution in [2.24, 2.45) is 0 Å². The molecule has 25 heavy (non-hydrogen) atoms. The number of amides is 1. The Morgan fingerprint density at radius 2 is 1.40 bits per heavy atom. The molecule has 3 aromatic rings. The van der Waals surface area contributed by atoms with Gasteiger partial charge >= 0.3 is 0 Å². The van der Waals surface area contributed by atoms with Crippen LogP contribution in [0.5, 0.6) is 0 Å². The van der Waals surface area contributed by atoms with Crippen LogP contribution in [0.15, 0.2) is 60.7 Å². The average molecular weight is 331 g/mol. The maximum Gasteiger partial charge on any atom is 0.224 e. The monoisotopic (exact) mass is 331 g/mol. The van der Waals surface area contributed by atoms with Crippen molar-refractivity contribution in [1.82, 2.24) is 0 Å². The molecule has 0 saturated carbocycles. The van der Waals surface area contributed by atoms with E-state index in [0.29, 0.717) is 6.42 Å². The van der Waals surface area contributed by atoms with E-state index in [1.54, 1.807) is 0 Å². The predicted molar refractivity (Wildman–Crippen MR) is 106 cm³/mol. The number of benzene rings is 3. The third-order valence-electron chi connectivity index (χ3n) is 4.76. The minimum Gasteiger partial charge on any atom is -0.326 e.